The maximum atomic E-state index is 11.5. The summed E-state index contributed by atoms with van der Waals surface area (Å²) in [4.78, 5) is 22.9. The van der Waals surface area contributed by atoms with Gasteiger partial charge < -0.3 is 19.7 Å². The van der Waals surface area contributed by atoms with E-state index in [2.05, 4.69) is 36.4 Å². The summed E-state index contributed by atoms with van der Waals surface area (Å²) in [5.41, 5.74) is 4.29. The molecule has 0 radical (unpaired) electrons. The number of hydrogen-bond acceptors (Lipinski definition) is 4. The summed E-state index contributed by atoms with van der Waals surface area (Å²) >= 11 is 0. The molecule has 8 rings (SSSR count). The second-order valence-electron chi connectivity index (χ2n) is 12.3. The van der Waals surface area contributed by atoms with E-state index in [1.807, 2.05) is 84.9 Å². The summed E-state index contributed by atoms with van der Waals surface area (Å²) in [6, 6.07) is 46.7. The van der Waals surface area contributed by atoms with E-state index < -0.39 is 11.9 Å². The highest BCUT2D eigenvalue weighted by atomic mass is 16.5. The van der Waals surface area contributed by atoms with Crippen LogP contribution in [-0.2, 0) is 13.2 Å². The summed E-state index contributed by atoms with van der Waals surface area (Å²) in [6.45, 7) is 0.618. The third kappa shape index (κ3) is 5.84. The topological polar surface area (TPSA) is 93.1 Å². The first-order valence-corrected chi connectivity index (χ1v) is 16.2. The van der Waals surface area contributed by atoms with Crippen molar-refractivity contribution in [2.24, 2.45) is 0 Å². The normalized spacial score (nSPS) is 11.3. The third-order valence-corrected chi connectivity index (χ3v) is 9.12. The number of aromatic carboxylic acids is 2. The molecule has 0 fully saturated rings. The largest absolute Gasteiger partial charge is 0.488 e. The minimum atomic E-state index is -0.951. The number of rotatable bonds is 9. The summed E-state index contributed by atoms with van der Waals surface area (Å²) in [7, 11) is 0. The zero-order valence-electron chi connectivity index (χ0n) is 26.8. The molecule has 0 bridgehead atoms. The van der Waals surface area contributed by atoms with Crippen LogP contribution in [0.4, 0.5) is 0 Å². The number of hydrogen-bond donors (Lipinski definition) is 2. The van der Waals surface area contributed by atoms with Crippen LogP contribution in [0.15, 0.2) is 146 Å². The van der Waals surface area contributed by atoms with Crippen LogP contribution < -0.4 is 9.47 Å². The van der Waals surface area contributed by atoms with Gasteiger partial charge in [-0.15, -0.1) is 0 Å². The second kappa shape index (κ2) is 12.7. The molecule has 0 spiro atoms. The molecule has 0 unspecified atom stereocenters. The Bertz CT molecular complexity index is 2440. The van der Waals surface area contributed by atoms with E-state index >= 15 is 0 Å². The van der Waals surface area contributed by atoms with E-state index in [4.69, 9.17) is 9.47 Å². The Balaban J connectivity index is 1.19. The van der Waals surface area contributed by atoms with Crippen molar-refractivity contribution >= 4 is 55.0 Å². The molecule has 0 saturated carbocycles. The Morgan fingerprint density at radius 2 is 0.800 bits per heavy atom. The van der Waals surface area contributed by atoms with E-state index in [0.29, 0.717) is 24.7 Å². The zero-order valence-corrected chi connectivity index (χ0v) is 26.8. The van der Waals surface area contributed by atoms with Gasteiger partial charge in [0.1, 0.15) is 24.7 Å². The lowest BCUT2D eigenvalue weighted by Gasteiger charge is -2.20. The van der Waals surface area contributed by atoms with Gasteiger partial charge in [-0.2, -0.15) is 0 Å². The summed E-state index contributed by atoms with van der Waals surface area (Å²) in [5.74, 6) is -0.473. The molecule has 2 N–H and O–H groups in total. The number of carboxylic acid groups (broad SMARTS) is 2. The first-order chi connectivity index (χ1) is 24.4. The number of fused-ring (bicyclic) bond motifs is 4. The zero-order chi connectivity index (χ0) is 34.2. The molecule has 50 heavy (non-hydrogen) atoms. The highest BCUT2D eigenvalue weighted by Crippen LogP contribution is 2.46. The fraction of sp³-hybridized carbons (Fsp3) is 0.0455. The molecule has 6 heteroatoms. The predicted octanol–water partition coefficient (Wildman–Crippen LogP) is 10.5. The van der Waals surface area contributed by atoms with Crippen LogP contribution in [0, 0.1) is 0 Å². The molecule has 0 aliphatic heterocycles. The Morgan fingerprint density at radius 3 is 1.24 bits per heavy atom. The van der Waals surface area contributed by atoms with Gasteiger partial charge in [-0.1, -0.05) is 97.1 Å². The quantitative estimate of drug-likeness (QED) is 0.161. The molecule has 0 aliphatic rings. The molecule has 0 atom stereocenters. The SMILES string of the molecule is O=C(O)c1ccc2cc(COc3ccc4ccccc4c3-c3c(OCc4ccc5cc(C(=O)O)ccc5c4)ccc4ccccc34)ccc2c1. The standard InChI is InChI=1S/C44H30O6/c45-43(46)35-15-13-31-21-27(9-11-33(31)23-35)25-49-39-19-17-29-5-1-3-7-37(29)41(39)42-38-8-4-2-6-30(38)18-20-40(42)50-26-28-10-12-34-24-36(44(47)48)16-14-32(34)22-28/h1-24H,25-26H2,(H,45,46)(H,47,48). The highest BCUT2D eigenvalue weighted by Gasteiger charge is 2.20. The number of carbonyl (C=O) groups is 2. The lowest BCUT2D eigenvalue weighted by molar-refractivity contribution is 0.0686. The Labute approximate surface area is 287 Å². The molecular formula is C44H30O6. The van der Waals surface area contributed by atoms with Crippen LogP contribution in [0.25, 0.3) is 54.2 Å². The summed E-state index contributed by atoms with van der Waals surface area (Å²) in [5, 5.41) is 26.6. The molecule has 0 aromatic heterocycles. The van der Waals surface area contributed by atoms with Crippen molar-refractivity contribution in [1.29, 1.82) is 0 Å². The molecule has 8 aromatic carbocycles. The van der Waals surface area contributed by atoms with Crippen LogP contribution in [0.2, 0.25) is 0 Å². The van der Waals surface area contributed by atoms with Gasteiger partial charge in [0.15, 0.2) is 0 Å². The van der Waals surface area contributed by atoms with Crippen molar-refractivity contribution in [3.05, 3.63) is 168 Å². The smallest absolute Gasteiger partial charge is 0.335 e. The van der Waals surface area contributed by atoms with Crippen LogP contribution in [0.1, 0.15) is 31.8 Å². The molecule has 8 aromatic rings. The second-order valence-corrected chi connectivity index (χ2v) is 12.3. The van der Waals surface area contributed by atoms with E-state index in [1.165, 1.54) is 0 Å². The van der Waals surface area contributed by atoms with Crippen molar-refractivity contribution < 1.29 is 29.3 Å². The molecule has 0 saturated heterocycles. The monoisotopic (exact) mass is 654 g/mol. The molecule has 0 heterocycles. The minimum absolute atomic E-state index is 0.255. The fourth-order valence-corrected chi connectivity index (χ4v) is 6.62. The average molecular weight is 655 g/mol. The lowest BCUT2D eigenvalue weighted by atomic mass is 9.92. The van der Waals surface area contributed by atoms with Gasteiger partial charge in [-0.05, 0) is 103 Å². The Morgan fingerprint density at radius 1 is 0.420 bits per heavy atom. The molecule has 6 nitrogen and oxygen atoms in total. The number of carboxylic acids is 2. The van der Waals surface area contributed by atoms with Crippen molar-refractivity contribution in [2.45, 2.75) is 13.2 Å². The molecule has 0 aliphatic carbocycles. The molecular weight excluding hydrogens is 624 g/mol. The fourth-order valence-electron chi connectivity index (χ4n) is 6.62. The average Bonchev–Trinajstić information content (AvgIpc) is 3.15. The van der Waals surface area contributed by atoms with Gasteiger partial charge in [0.25, 0.3) is 0 Å². The highest BCUT2D eigenvalue weighted by molar-refractivity contribution is 6.10. The van der Waals surface area contributed by atoms with Gasteiger partial charge in [0.2, 0.25) is 0 Å². The van der Waals surface area contributed by atoms with Crippen molar-refractivity contribution in [3.8, 4) is 22.6 Å². The summed E-state index contributed by atoms with van der Waals surface area (Å²) in [6.07, 6.45) is 0. The van der Waals surface area contributed by atoms with Crippen molar-refractivity contribution in [2.75, 3.05) is 0 Å². The number of benzene rings is 8. The minimum Gasteiger partial charge on any atom is -0.488 e. The van der Waals surface area contributed by atoms with Crippen LogP contribution in [0.5, 0.6) is 11.5 Å². The van der Waals surface area contributed by atoms with E-state index in [0.717, 1.165) is 65.3 Å². The van der Waals surface area contributed by atoms with E-state index in [9.17, 15) is 19.8 Å². The Kier molecular flexibility index (Phi) is 7.82. The Hall–Kier alpha value is -6.66. The van der Waals surface area contributed by atoms with Gasteiger partial charge in [-0.25, -0.2) is 9.59 Å². The van der Waals surface area contributed by atoms with Gasteiger partial charge in [-0.3, -0.25) is 0 Å². The van der Waals surface area contributed by atoms with Crippen molar-refractivity contribution in [3.63, 3.8) is 0 Å². The van der Waals surface area contributed by atoms with Gasteiger partial charge in [0, 0.05) is 11.1 Å². The van der Waals surface area contributed by atoms with E-state index in [-0.39, 0.29) is 11.1 Å². The van der Waals surface area contributed by atoms with Crippen molar-refractivity contribution in [1.82, 2.24) is 0 Å². The molecule has 0 amide bonds. The van der Waals surface area contributed by atoms with Gasteiger partial charge >= 0.3 is 11.9 Å². The summed E-state index contributed by atoms with van der Waals surface area (Å²) < 4.78 is 13.3. The maximum Gasteiger partial charge on any atom is 0.335 e. The first-order valence-electron chi connectivity index (χ1n) is 16.2. The van der Waals surface area contributed by atoms with Crippen LogP contribution in [-0.4, -0.2) is 22.2 Å². The predicted molar refractivity (Wildman–Crippen MR) is 197 cm³/mol. The maximum absolute atomic E-state index is 11.5. The number of ether oxygens (including phenoxy) is 2. The van der Waals surface area contributed by atoms with E-state index in [1.54, 1.807) is 24.3 Å². The van der Waals surface area contributed by atoms with Crippen LogP contribution >= 0.6 is 0 Å². The first kappa shape index (κ1) is 30.7. The lowest BCUT2D eigenvalue weighted by Crippen LogP contribution is -2.01. The molecule has 242 valence electrons. The van der Waals surface area contributed by atoms with Crippen LogP contribution in [0.3, 0.4) is 0 Å². The third-order valence-electron chi connectivity index (χ3n) is 9.12. The van der Waals surface area contributed by atoms with Gasteiger partial charge in [0.05, 0.1) is 11.1 Å².